The van der Waals surface area contributed by atoms with Crippen LogP contribution in [0.1, 0.15) is 21.8 Å². The van der Waals surface area contributed by atoms with E-state index >= 15 is 0 Å². The zero-order valence-corrected chi connectivity index (χ0v) is 18.6. The zero-order valence-electron chi connectivity index (χ0n) is 17.0. The van der Waals surface area contributed by atoms with E-state index in [1.54, 1.807) is 35.7 Å². The van der Waals surface area contributed by atoms with E-state index in [0.29, 0.717) is 22.9 Å². The molecule has 4 aromatic rings. The molecule has 0 fully saturated rings. The van der Waals surface area contributed by atoms with E-state index in [-0.39, 0.29) is 32.2 Å². The molecule has 4 heterocycles. The third-order valence-electron chi connectivity index (χ3n) is 4.49. The van der Waals surface area contributed by atoms with Crippen molar-refractivity contribution < 1.29 is 23.1 Å². The molecule has 11 heteroatoms. The number of rotatable bonds is 12. The Hall–Kier alpha value is -2.67. The molecular weight excluding hydrogens is 452 g/mol. The summed E-state index contributed by atoms with van der Waals surface area (Å²) in [7, 11) is 0. The molecule has 4 rings (SSSR count). The van der Waals surface area contributed by atoms with Gasteiger partial charge in [0.05, 0.1) is 58.6 Å². The molecule has 0 aliphatic rings. The van der Waals surface area contributed by atoms with E-state index in [0.717, 1.165) is 9.75 Å². The van der Waals surface area contributed by atoms with Crippen LogP contribution in [0.5, 0.6) is 0 Å². The fourth-order valence-corrected chi connectivity index (χ4v) is 4.58. The lowest BCUT2D eigenvalue weighted by atomic mass is 10.2. The first kappa shape index (κ1) is 22.5. The maximum absolute atomic E-state index is 12.1. The van der Waals surface area contributed by atoms with Gasteiger partial charge in [-0.25, -0.2) is 9.97 Å². The van der Waals surface area contributed by atoms with Gasteiger partial charge in [-0.1, -0.05) is 0 Å². The maximum atomic E-state index is 12.1. The maximum Gasteiger partial charge on any atom is 0.183 e. The van der Waals surface area contributed by atoms with Crippen LogP contribution >= 0.6 is 22.7 Å². The topological polar surface area (TPSA) is 140 Å². The quantitative estimate of drug-likeness (QED) is 0.316. The van der Waals surface area contributed by atoms with Crippen molar-refractivity contribution >= 4 is 28.5 Å². The van der Waals surface area contributed by atoms with Crippen molar-refractivity contribution in [2.24, 2.45) is 11.5 Å². The molecule has 0 aliphatic carbocycles. The highest BCUT2D eigenvalue weighted by atomic mass is 32.1. The number of carbonyl (C=O) groups excluding carboxylic acids is 1. The molecule has 0 saturated heterocycles. The highest BCUT2D eigenvalue weighted by Gasteiger charge is 2.20. The highest BCUT2D eigenvalue weighted by Crippen LogP contribution is 2.31. The Morgan fingerprint density at radius 1 is 0.875 bits per heavy atom. The minimum Gasteiger partial charge on any atom is -0.463 e. The first-order valence-corrected chi connectivity index (χ1v) is 11.5. The lowest BCUT2D eigenvalue weighted by molar-refractivity contribution is -0.128. The van der Waals surface area contributed by atoms with Crippen molar-refractivity contribution in [2.75, 3.05) is 26.4 Å². The summed E-state index contributed by atoms with van der Waals surface area (Å²) in [6.45, 7) is 0.148. The summed E-state index contributed by atoms with van der Waals surface area (Å²) in [4.78, 5) is 22.4. The Morgan fingerprint density at radius 3 is 1.75 bits per heavy atom. The number of hydrogen-bond acceptors (Lipinski definition) is 11. The number of furan rings is 2. The summed E-state index contributed by atoms with van der Waals surface area (Å²) in [5.41, 5.74) is 17.2. The molecule has 9 nitrogen and oxygen atoms in total. The minimum absolute atomic E-state index is 0.101. The van der Waals surface area contributed by atoms with Crippen LogP contribution in [0.15, 0.2) is 56.6 Å². The average Bonchev–Trinajstić information content (AvgIpc) is 3.58. The van der Waals surface area contributed by atoms with E-state index in [1.807, 2.05) is 12.1 Å². The second kappa shape index (κ2) is 10.8. The molecule has 0 aromatic carbocycles. The molecule has 0 spiro atoms. The number of Topliss-reactive ketones (excluding diaryl/α,β-unsaturated/α-hetero) is 1. The van der Waals surface area contributed by atoms with E-state index in [9.17, 15) is 4.79 Å². The van der Waals surface area contributed by atoms with Gasteiger partial charge in [-0.15, -0.1) is 22.7 Å². The molecule has 168 valence electrons. The van der Waals surface area contributed by atoms with Crippen LogP contribution in [-0.4, -0.2) is 42.2 Å². The fraction of sp³-hybridized carbons (Fsp3) is 0.286. The van der Waals surface area contributed by atoms with Crippen LogP contribution in [-0.2, 0) is 14.3 Å². The first-order chi connectivity index (χ1) is 15.6. The third kappa shape index (κ3) is 5.38. The van der Waals surface area contributed by atoms with Gasteiger partial charge >= 0.3 is 0 Å². The van der Waals surface area contributed by atoms with Crippen LogP contribution in [0.2, 0.25) is 0 Å². The number of aromatic nitrogens is 2. The van der Waals surface area contributed by atoms with E-state index < -0.39 is 12.1 Å². The molecule has 4 aromatic heterocycles. The lowest BCUT2D eigenvalue weighted by Crippen LogP contribution is -2.23. The van der Waals surface area contributed by atoms with E-state index in [1.165, 1.54) is 22.7 Å². The number of nitrogens with two attached hydrogens (primary N) is 2. The summed E-state index contributed by atoms with van der Waals surface area (Å²) in [5, 5.41) is 0. The normalized spacial score (nSPS) is 13.3. The van der Waals surface area contributed by atoms with Gasteiger partial charge in [-0.05, 0) is 24.3 Å². The monoisotopic (exact) mass is 474 g/mol. The predicted octanol–water partition coefficient (Wildman–Crippen LogP) is 3.42. The molecule has 0 aliphatic heterocycles. The SMILES string of the molecule is NC(COCC(=O)COCC(N)c1scnc1-c1ccco1)c1scnc1-c1ccco1. The Balaban J connectivity index is 1.19. The summed E-state index contributed by atoms with van der Waals surface area (Å²) < 4.78 is 21.8. The number of ketones is 1. The largest absolute Gasteiger partial charge is 0.463 e. The van der Waals surface area contributed by atoms with Crippen molar-refractivity contribution in [3.8, 4) is 22.9 Å². The van der Waals surface area contributed by atoms with Crippen LogP contribution in [0.25, 0.3) is 22.9 Å². The number of hydrogen-bond donors (Lipinski definition) is 2. The molecule has 4 N–H and O–H groups in total. The van der Waals surface area contributed by atoms with Crippen molar-refractivity contribution in [3.63, 3.8) is 0 Å². The van der Waals surface area contributed by atoms with Gasteiger partial charge < -0.3 is 29.8 Å². The molecule has 32 heavy (non-hydrogen) atoms. The number of thiazole rings is 2. The van der Waals surface area contributed by atoms with E-state index in [4.69, 9.17) is 29.8 Å². The van der Waals surface area contributed by atoms with Crippen LogP contribution in [0.4, 0.5) is 0 Å². The third-order valence-corrected chi connectivity index (χ3v) is 6.42. The first-order valence-electron chi connectivity index (χ1n) is 9.76. The molecule has 0 saturated carbocycles. The number of carbonyl (C=O) groups is 1. The molecule has 0 bridgehead atoms. The van der Waals surface area contributed by atoms with Gasteiger partial charge in [0.15, 0.2) is 17.3 Å². The highest BCUT2D eigenvalue weighted by molar-refractivity contribution is 7.10. The van der Waals surface area contributed by atoms with Crippen molar-refractivity contribution in [1.82, 2.24) is 9.97 Å². The standard InChI is InChI=1S/C21H22N4O5S2/c22-14(20-18(24-11-31-20)16-3-1-5-29-16)9-27-7-13(26)8-28-10-15(23)21-19(25-12-32-21)17-4-2-6-30-17/h1-6,11-12,14-15H,7-10,22-23H2. The predicted molar refractivity (Wildman–Crippen MR) is 120 cm³/mol. The summed E-state index contributed by atoms with van der Waals surface area (Å²) in [5.74, 6) is 1.10. The molecule has 0 radical (unpaired) electrons. The summed E-state index contributed by atoms with van der Waals surface area (Å²) >= 11 is 2.84. The molecule has 2 atom stereocenters. The van der Waals surface area contributed by atoms with Gasteiger partial charge in [0, 0.05) is 0 Å². The van der Waals surface area contributed by atoms with Gasteiger partial charge in [-0.2, -0.15) is 0 Å². The summed E-state index contributed by atoms with van der Waals surface area (Å²) in [6.07, 6.45) is 3.16. The van der Waals surface area contributed by atoms with Crippen molar-refractivity contribution in [2.45, 2.75) is 12.1 Å². The minimum atomic E-state index is -0.420. The van der Waals surface area contributed by atoms with Gasteiger partial charge in [0.25, 0.3) is 0 Å². The van der Waals surface area contributed by atoms with Gasteiger partial charge in [-0.3, -0.25) is 4.79 Å². The number of ether oxygens (including phenoxy) is 2. The Morgan fingerprint density at radius 2 is 1.34 bits per heavy atom. The van der Waals surface area contributed by atoms with Crippen LogP contribution in [0, 0.1) is 0 Å². The average molecular weight is 475 g/mol. The van der Waals surface area contributed by atoms with Gasteiger partial charge in [0.2, 0.25) is 0 Å². The lowest BCUT2D eigenvalue weighted by Gasteiger charge is -2.13. The number of nitrogens with zero attached hydrogens (tertiary/aromatic N) is 2. The summed E-state index contributed by atoms with van der Waals surface area (Å²) in [6, 6.07) is 6.38. The van der Waals surface area contributed by atoms with Crippen LogP contribution in [0.3, 0.4) is 0 Å². The van der Waals surface area contributed by atoms with Crippen molar-refractivity contribution in [3.05, 3.63) is 57.6 Å². The fourth-order valence-electron chi connectivity index (χ4n) is 3.03. The van der Waals surface area contributed by atoms with Crippen molar-refractivity contribution in [1.29, 1.82) is 0 Å². The Bertz CT molecular complexity index is 1020. The Kier molecular flexibility index (Phi) is 7.58. The smallest absolute Gasteiger partial charge is 0.183 e. The molecular formula is C21H22N4O5S2. The second-order valence-corrected chi connectivity index (χ2v) is 8.64. The van der Waals surface area contributed by atoms with Crippen LogP contribution < -0.4 is 11.5 Å². The van der Waals surface area contributed by atoms with Gasteiger partial charge in [0.1, 0.15) is 24.6 Å². The van der Waals surface area contributed by atoms with E-state index in [2.05, 4.69) is 9.97 Å². The molecule has 2 unspecified atom stereocenters. The molecule has 0 amide bonds. The Labute approximate surface area is 192 Å². The second-order valence-electron chi connectivity index (χ2n) is 6.87. The zero-order chi connectivity index (χ0) is 22.3.